The Balaban J connectivity index is 1.93. The molecule has 2 N–H and O–H groups in total. The third-order valence-electron chi connectivity index (χ3n) is 4.78. The Bertz CT molecular complexity index is 746. The van der Waals surface area contributed by atoms with Gasteiger partial charge in [0.15, 0.2) is 0 Å². The van der Waals surface area contributed by atoms with Crippen LogP contribution in [0, 0.1) is 5.92 Å². The second-order valence-electron chi connectivity index (χ2n) is 7.34. The van der Waals surface area contributed by atoms with Crippen molar-refractivity contribution in [3.63, 3.8) is 0 Å². The molecule has 0 radical (unpaired) electrons. The molecule has 2 heterocycles. The van der Waals surface area contributed by atoms with Gasteiger partial charge in [-0.25, -0.2) is 4.79 Å². The van der Waals surface area contributed by atoms with Gasteiger partial charge in [0.1, 0.15) is 17.5 Å². The van der Waals surface area contributed by atoms with Gasteiger partial charge in [0.2, 0.25) is 5.91 Å². The molecule has 1 fully saturated rings. The molecule has 0 aromatic heterocycles. The van der Waals surface area contributed by atoms with Gasteiger partial charge in [0.05, 0.1) is 0 Å². The summed E-state index contributed by atoms with van der Waals surface area (Å²) in [6.07, 6.45) is 0. The number of aliphatic carboxylic acids is 1. The highest BCUT2D eigenvalue weighted by Gasteiger charge is 2.57. The number of hydrogen-bond donors (Lipinski definition) is 2. The molecular formula is C18H22N2O4S. The van der Waals surface area contributed by atoms with E-state index in [1.165, 1.54) is 0 Å². The predicted octanol–water partition coefficient (Wildman–Crippen LogP) is 2.26. The molecule has 2 aliphatic heterocycles. The van der Waals surface area contributed by atoms with Crippen molar-refractivity contribution >= 4 is 29.5 Å². The fraction of sp³-hybridized carbons (Fsp3) is 0.500. The molecule has 25 heavy (non-hydrogen) atoms. The molecule has 2 amide bonds. The van der Waals surface area contributed by atoms with Gasteiger partial charge in [-0.2, -0.15) is 0 Å². The van der Waals surface area contributed by atoms with E-state index in [2.05, 4.69) is 5.32 Å². The van der Waals surface area contributed by atoms with Crippen LogP contribution >= 0.6 is 11.8 Å². The van der Waals surface area contributed by atoms with Crippen LogP contribution < -0.4 is 5.32 Å². The highest BCUT2D eigenvalue weighted by Crippen LogP contribution is 2.56. The van der Waals surface area contributed by atoms with Crippen molar-refractivity contribution in [1.29, 1.82) is 0 Å². The Morgan fingerprint density at radius 1 is 1.28 bits per heavy atom. The Labute approximate surface area is 151 Å². The number of nitrogens with zero attached hydrogens (tertiary/aromatic N) is 1. The first-order chi connectivity index (χ1) is 11.6. The third-order valence-corrected chi connectivity index (χ3v) is 6.31. The second-order valence-corrected chi connectivity index (χ2v) is 9.08. The zero-order valence-corrected chi connectivity index (χ0v) is 15.5. The van der Waals surface area contributed by atoms with E-state index in [1.807, 2.05) is 32.0 Å². The number of carbonyl (C=O) groups excluding carboxylic acids is 2. The molecule has 3 atom stereocenters. The summed E-state index contributed by atoms with van der Waals surface area (Å²) in [4.78, 5) is 38.8. The van der Waals surface area contributed by atoms with Crippen LogP contribution in [-0.4, -0.2) is 44.6 Å². The molecule has 0 aliphatic carbocycles. The number of fused-ring (bicyclic) bond motifs is 3. The second kappa shape index (κ2) is 6.05. The van der Waals surface area contributed by atoms with E-state index in [0.717, 1.165) is 5.56 Å². The maximum absolute atomic E-state index is 12.9. The number of amides is 2. The average Bonchev–Trinajstić information content (AvgIpc) is 2.95. The highest BCUT2D eigenvalue weighted by molar-refractivity contribution is 8.01. The van der Waals surface area contributed by atoms with E-state index in [9.17, 15) is 19.5 Å². The van der Waals surface area contributed by atoms with Crippen molar-refractivity contribution in [2.45, 2.75) is 49.9 Å². The quantitative estimate of drug-likeness (QED) is 0.858. The molecule has 0 spiro atoms. The van der Waals surface area contributed by atoms with Gasteiger partial charge in [-0.15, -0.1) is 11.8 Å². The minimum Gasteiger partial charge on any atom is -0.480 e. The smallest absolute Gasteiger partial charge is 0.326 e. The topological polar surface area (TPSA) is 86.7 Å². The number of hydrogen-bond acceptors (Lipinski definition) is 4. The van der Waals surface area contributed by atoms with Crippen LogP contribution in [0.1, 0.15) is 49.0 Å². The Kier molecular flexibility index (Phi) is 4.31. The van der Waals surface area contributed by atoms with E-state index < -0.39 is 28.7 Å². The van der Waals surface area contributed by atoms with Gasteiger partial charge in [0, 0.05) is 10.3 Å². The number of benzene rings is 1. The van der Waals surface area contributed by atoms with Crippen molar-refractivity contribution in [1.82, 2.24) is 10.2 Å². The normalized spacial score (nSPS) is 24.8. The maximum atomic E-state index is 12.9. The lowest BCUT2D eigenvalue weighted by atomic mass is 9.98. The van der Waals surface area contributed by atoms with E-state index >= 15 is 0 Å². The molecule has 0 bridgehead atoms. The molecular weight excluding hydrogens is 340 g/mol. The number of carboxylic acid groups (broad SMARTS) is 1. The molecule has 6 nitrogen and oxygen atoms in total. The van der Waals surface area contributed by atoms with Gasteiger partial charge >= 0.3 is 5.97 Å². The van der Waals surface area contributed by atoms with Gasteiger partial charge in [-0.05, 0) is 31.4 Å². The van der Waals surface area contributed by atoms with Gasteiger partial charge < -0.3 is 15.3 Å². The largest absolute Gasteiger partial charge is 0.480 e. The van der Waals surface area contributed by atoms with E-state index in [1.54, 1.807) is 36.6 Å². The lowest BCUT2D eigenvalue weighted by Crippen LogP contribution is -2.56. The molecule has 1 unspecified atom stereocenters. The van der Waals surface area contributed by atoms with Crippen LogP contribution in [0.15, 0.2) is 24.3 Å². The van der Waals surface area contributed by atoms with Crippen LogP contribution in [0.25, 0.3) is 0 Å². The van der Waals surface area contributed by atoms with E-state index in [-0.39, 0.29) is 17.2 Å². The van der Waals surface area contributed by atoms with E-state index in [4.69, 9.17) is 0 Å². The first-order valence-electron chi connectivity index (χ1n) is 8.27. The summed E-state index contributed by atoms with van der Waals surface area (Å²) < 4.78 is -0.516. The Morgan fingerprint density at radius 2 is 1.92 bits per heavy atom. The number of thioether (sulfide) groups is 1. The first kappa shape index (κ1) is 17.8. The zero-order valence-electron chi connectivity index (χ0n) is 14.6. The monoisotopic (exact) mass is 362 g/mol. The summed E-state index contributed by atoms with van der Waals surface area (Å²) in [5.41, 5.74) is 1.53. The summed E-state index contributed by atoms with van der Waals surface area (Å²) in [5, 5.41) is 11.8. The average molecular weight is 362 g/mol. The summed E-state index contributed by atoms with van der Waals surface area (Å²) >= 11 is 1.56. The zero-order chi connectivity index (χ0) is 18.5. The van der Waals surface area contributed by atoms with Gasteiger partial charge in [-0.3, -0.25) is 9.59 Å². The van der Waals surface area contributed by atoms with Crippen LogP contribution in [-0.2, 0) is 9.59 Å². The molecule has 2 aliphatic rings. The number of carboxylic acids is 1. The minimum atomic E-state index is -1.07. The lowest BCUT2D eigenvalue weighted by molar-refractivity contribution is -0.144. The summed E-state index contributed by atoms with van der Waals surface area (Å²) in [7, 11) is 0. The van der Waals surface area contributed by atoms with Crippen molar-refractivity contribution in [3.05, 3.63) is 35.4 Å². The van der Waals surface area contributed by atoms with Crippen LogP contribution in [0.5, 0.6) is 0 Å². The molecule has 1 aromatic carbocycles. The van der Waals surface area contributed by atoms with Crippen LogP contribution in [0.4, 0.5) is 0 Å². The summed E-state index contributed by atoms with van der Waals surface area (Å²) in [6, 6.07) is 5.68. The lowest BCUT2D eigenvalue weighted by Gasteiger charge is -2.31. The molecule has 134 valence electrons. The Morgan fingerprint density at radius 3 is 2.52 bits per heavy atom. The summed E-state index contributed by atoms with van der Waals surface area (Å²) in [6.45, 7) is 7.32. The van der Waals surface area contributed by atoms with Crippen LogP contribution in [0.2, 0.25) is 0 Å². The van der Waals surface area contributed by atoms with Crippen LogP contribution in [0.3, 0.4) is 0 Å². The predicted molar refractivity (Wildman–Crippen MR) is 95.2 cm³/mol. The maximum Gasteiger partial charge on any atom is 0.326 e. The fourth-order valence-corrected chi connectivity index (χ4v) is 5.14. The molecule has 7 heteroatoms. The van der Waals surface area contributed by atoms with Crippen molar-refractivity contribution in [2.75, 3.05) is 0 Å². The van der Waals surface area contributed by atoms with Crippen molar-refractivity contribution in [3.8, 4) is 0 Å². The molecule has 0 saturated carbocycles. The highest BCUT2D eigenvalue weighted by atomic mass is 32.2. The SMILES string of the molecule is CC(C)[C@H](NC(=O)[C@H]1N2C(=O)c3ccccc3C2SC1(C)C)C(=O)O. The third kappa shape index (κ3) is 2.80. The Hall–Kier alpha value is -2.02. The minimum absolute atomic E-state index is 0.171. The van der Waals surface area contributed by atoms with Gasteiger partial charge in [-0.1, -0.05) is 32.0 Å². The number of carbonyl (C=O) groups is 3. The standard InChI is InChI=1S/C18H22N2O4S/c1-9(2)12(17(23)24)19-14(21)13-18(3,4)25-16-11-8-6-5-7-10(11)15(22)20(13)16/h5-9,12-13,16H,1-4H3,(H,19,21)(H,23,24)/t12-,13+,16?/m0/s1. The summed E-state index contributed by atoms with van der Waals surface area (Å²) in [5.74, 6) is -1.90. The molecule has 1 aromatic rings. The number of rotatable bonds is 4. The molecule has 1 saturated heterocycles. The molecule has 3 rings (SSSR count). The fourth-order valence-electron chi connectivity index (χ4n) is 3.55. The van der Waals surface area contributed by atoms with Crippen molar-refractivity contribution < 1.29 is 19.5 Å². The number of nitrogens with one attached hydrogen (secondary N) is 1. The van der Waals surface area contributed by atoms with Crippen molar-refractivity contribution in [2.24, 2.45) is 5.92 Å². The first-order valence-corrected chi connectivity index (χ1v) is 9.15. The van der Waals surface area contributed by atoms with Gasteiger partial charge in [0.25, 0.3) is 5.91 Å². The van der Waals surface area contributed by atoms with E-state index in [0.29, 0.717) is 5.56 Å².